The summed E-state index contributed by atoms with van der Waals surface area (Å²) in [7, 11) is 1.71. The number of allylic oxidation sites excluding steroid dienone is 1. The maximum absolute atomic E-state index is 5.73. The highest BCUT2D eigenvalue weighted by Crippen LogP contribution is 2.36. The second-order valence-corrected chi connectivity index (χ2v) is 9.60. The summed E-state index contributed by atoms with van der Waals surface area (Å²) in [6, 6.07) is 9.20. The lowest BCUT2D eigenvalue weighted by Crippen LogP contribution is -2.42. The van der Waals surface area contributed by atoms with Gasteiger partial charge in [0.1, 0.15) is 18.2 Å². The van der Waals surface area contributed by atoms with Crippen molar-refractivity contribution in [2.24, 2.45) is 16.6 Å². The number of anilines is 1. The molecular formula is C28H44N4O. The second-order valence-electron chi connectivity index (χ2n) is 9.60. The Morgan fingerprint density at radius 3 is 2.36 bits per heavy atom. The van der Waals surface area contributed by atoms with E-state index in [0.29, 0.717) is 5.84 Å². The molecule has 0 amide bonds. The third kappa shape index (κ3) is 7.55. The molecule has 33 heavy (non-hydrogen) atoms. The molecule has 0 unspecified atom stereocenters. The second kappa shape index (κ2) is 13.3. The number of rotatable bonds is 4. The van der Waals surface area contributed by atoms with E-state index < -0.39 is 0 Å². The monoisotopic (exact) mass is 452 g/mol. The summed E-state index contributed by atoms with van der Waals surface area (Å²) in [6.45, 7) is 10.3. The molecule has 0 bridgehead atoms. The summed E-state index contributed by atoms with van der Waals surface area (Å²) in [5, 5.41) is 0. The van der Waals surface area contributed by atoms with Gasteiger partial charge < -0.3 is 20.3 Å². The van der Waals surface area contributed by atoms with Gasteiger partial charge in [-0.3, -0.25) is 4.99 Å². The van der Waals surface area contributed by atoms with E-state index in [1.54, 1.807) is 7.05 Å². The third-order valence-electron chi connectivity index (χ3n) is 7.17. The van der Waals surface area contributed by atoms with E-state index in [-0.39, 0.29) is 0 Å². The zero-order chi connectivity index (χ0) is 23.5. The summed E-state index contributed by atoms with van der Waals surface area (Å²) in [6.07, 6.45) is 15.8. The summed E-state index contributed by atoms with van der Waals surface area (Å²) in [4.78, 5) is 8.90. The van der Waals surface area contributed by atoms with Crippen LogP contribution in [0.4, 0.5) is 5.69 Å². The number of para-hydroxylation sites is 2. The van der Waals surface area contributed by atoms with Crippen LogP contribution in [0.5, 0.6) is 5.75 Å². The average Bonchev–Trinajstić information content (AvgIpc) is 2.83. The van der Waals surface area contributed by atoms with Crippen molar-refractivity contribution in [1.82, 2.24) is 4.90 Å². The number of aliphatic imine (C=N–C) groups is 1. The molecule has 1 aromatic carbocycles. The van der Waals surface area contributed by atoms with Gasteiger partial charge in [0.05, 0.1) is 12.2 Å². The largest absolute Gasteiger partial charge is 0.490 e. The van der Waals surface area contributed by atoms with Gasteiger partial charge in [-0.1, -0.05) is 44.9 Å². The molecule has 0 aromatic heterocycles. The Labute approximate surface area is 201 Å². The SMILES string of the molecule is C=C/C(=C\C(N)=NC)N1CCCCCCC1.CC1CCC(N2CCOc3ccccc32)CC1. The molecule has 1 saturated carbocycles. The van der Waals surface area contributed by atoms with Gasteiger partial charge in [0.25, 0.3) is 0 Å². The lowest BCUT2D eigenvalue weighted by atomic mass is 9.86. The molecular weight excluding hydrogens is 408 g/mol. The van der Waals surface area contributed by atoms with Crippen molar-refractivity contribution in [3.05, 3.63) is 48.7 Å². The Kier molecular flexibility index (Phi) is 10.2. The molecule has 5 nitrogen and oxygen atoms in total. The van der Waals surface area contributed by atoms with Crippen LogP contribution in [-0.2, 0) is 0 Å². The van der Waals surface area contributed by atoms with Crippen molar-refractivity contribution in [1.29, 1.82) is 0 Å². The van der Waals surface area contributed by atoms with Crippen molar-refractivity contribution in [2.45, 2.75) is 70.8 Å². The first kappa shape index (κ1) is 25.2. The minimum absolute atomic E-state index is 0.567. The van der Waals surface area contributed by atoms with Crippen molar-refractivity contribution in [2.75, 3.05) is 38.2 Å². The van der Waals surface area contributed by atoms with E-state index in [2.05, 4.69) is 52.6 Å². The first-order chi connectivity index (χ1) is 16.1. The fourth-order valence-corrected chi connectivity index (χ4v) is 5.13. The first-order valence-electron chi connectivity index (χ1n) is 12.9. The smallest absolute Gasteiger partial charge is 0.142 e. The summed E-state index contributed by atoms with van der Waals surface area (Å²) >= 11 is 0. The van der Waals surface area contributed by atoms with Gasteiger partial charge in [-0.2, -0.15) is 0 Å². The highest BCUT2D eigenvalue weighted by molar-refractivity contribution is 5.92. The minimum atomic E-state index is 0.567. The van der Waals surface area contributed by atoms with Crippen molar-refractivity contribution >= 4 is 11.5 Å². The predicted octanol–water partition coefficient (Wildman–Crippen LogP) is 5.77. The molecule has 2 aliphatic heterocycles. The molecule has 182 valence electrons. The number of nitrogens with two attached hydrogens (primary N) is 1. The molecule has 0 radical (unpaired) electrons. The van der Waals surface area contributed by atoms with Gasteiger partial charge >= 0.3 is 0 Å². The van der Waals surface area contributed by atoms with E-state index in [4.69, 9.17) is 10.5 Å². The van der Waals surface area contributed by atoms with Gasteiger partial charge in [-0.25, -0.2) is 0 Å². The van der Waals surface area contributed by atoms with Crippen LogP contribution in [0.1, 0.15) is 64.7 Å². The fraction of sp³-hybridized carbons (Fsp3) is 0.607. The number of ether oxygens (including phenoxy) is 1. The molecule has 1 aliphatic carbocycles. The van der Waals surface area contributed by atoms with Gasteiger partial charge in [0.15, 0.2) is 0 Å². The van der Waals surface area contributed by atoms with Gasteiger partial charge in [-0.05, 0) is 62.7 Å². The molecule has 2 N–H and O–H groups in total. The topological polar surface area (TPSA) is 54.1 Å². The Morgan fingerprint density at radius 1 is 1.03 bits per heavy atom. The van der Waals surface area contributed by atoms with E-state index in [1.807, 2.05) is 12.2 Å². The Bertz CT molecular complexity index is 787. The molecule has 2 fully saturated rings. The van der Waals surface area contributed by atoms with Gasteiger partial charge in [0, 0.05) is 38.0 Å². The molecule has 3 aliphatic rings. The molecule has 1 saturated heterocycles. The lowest BCUT2D eigenvalue weighted by Gasteiger charge is -2.40. The third-order valence-corrected chi connectivity index (χ3v) is 7.17. The quantitative estimate of drug-likeness (QED) is 0.358. The molecule has 2 heterocycles. The number of amidine groups is 1. The molecule has 0 atom stereocenters. The predicted molar refractivity (Wildman–Crippen MR) is 141 cm³/mol. The highest BCUT2D eigenvalue weighted by atomic mass is 16.5. The standard InChI is InChI=1S/C15H21NO.C13H23N3/c1-12-6-8-13(9-7-12)16-10-11-17-15-5-3-2-4-14(15)16;1-3-12(11-13(14)15-2)16-9-7-5-4-6-8-10-16/h2-5,12-13H,6-11H2,1H3;3,11H,1,4-10H2,2H3,(H2,14,15)/b;12-11+. The zero-order valence-corrected chi connectivity index (χ0v) is 20.8. The molecule has 1 aromatic rings. The van der Waals surface area contributed by atoms with Gasteiger partial charge in [-0.15, -0.1) is 0 Å². The number of hydrogen-bond donors (Lipinski definition) is 1. The van der Waals surface area contributed by atoms with Gasteiger partial charge in [0.2, 0.25) is 0 Å². The fourth-order valence-electron chi connectivity index (χ4n) is 5.13. The van der Waals surface area contributed by atoms with Crippen LogP contribution in [0, 0.1) is 5.92 Å². The first-order valence-corrected chi connectivity index (χ1v) is 12.9. The maximum atomic E-state index is 5.73. The van der Waals surface area contributed by atoms with E-state index in [1.165, 1.54) is 63.5 Å². The van der Waals surface area contributed by atoms with Crippen LogP contribution in [0.15, 0.2) is 53.7 Å². The number of nitrogens with zero attached hydrogens (tertiary/aromatic N) is 3. The van der Waals surface area contributed by atoms with Crippen LogP contribution in [0.25, 0.3) is 0 Å². The van der Waals surface area contributed by atoms with Crippen molar-refractivity contribution < 1.29 is 4.74 Å². The number of benzene rings is 1. The maximum Gasteiger partial charge on any atom is 0.142 e. The van der Waals surface area contributed by atoms with E-state index in [0.717, 1.165) is 49.6 Å². The van der Waals surface area contributed by atoms with E-state index >= 15 is 0 Å². The summed E-state index contributed by atoms with van der Waals surface area (Å²) in [5.74, 6) is 2.55. The molecule has 5 heteroatoms. The Hall–Kier alpha value is -2.43. The number of hydrogen-bond acceptors (Lipinski definition) is 4. The van der Waals surface area contributed by atoms with Crippen molar-refractivity contribution in [3.8, 4) is 5.75 Å². The summed E-state index contributed by atoms with van der Waals surface area (Å²) in [5.41, 5.74) is 8.13. The van der Waals surface area contributed by atoms with Crippen LogP contribution in [0.3, 0.4) is 0 Å². The molecule has 4 rings (SSSR count). The van der Waals surface area contributed by atoms with Crippen LogP contribution < -0.4 is 15.4 Å². The van der Waals surface area contributed by atoms with E-state index in [9.17, 15) is 0 Å². The van der Waals surface area contributed by atoms with Crippen LogP contribution in [0.2, 0.25) is 0 Å². The average molecular weight is 453 g/mol. The zero-order valence-electron chi connectivity index (χ0n) is 20.8. The lowest BCUT2D eigenvalue weighted by molar-refractivity contribution is 0.275. The van der Waals surface area contributed by atoms with Crippen molar-refractivity contribution in [3.63, 3.8) is 0 Å². The number of likely N-dealkylation sites (tertiary alicyclic amines) is 1. The van der Waals surface area contributed by atoms with Crippen LogP contribution >= 0.6 is 0 Å². The summed E-state index contributed by atoms with van der Waals surface area (Å²) < 4.78 is 5.72. The molecule has 0 spiro atoms. The minimum Gasteiger partial charge on any atom is -0.490 e. The normalized spacial score (nSPS) is 24.4. The number of fused-ring (bicyclic) bond motifs is 1. The Morgan fingerprint density at radius 2 is 1.70 bits per heavy atom. The van der Waals surface area contributed by atoms with Crippen LogP contribution in [-0.4, -0.2) is 50.1 Å². The Balaban J connectivity index is 0.000000186. The highest BCUT2D eigenvalue weighted by Gasteiger charge is 2.27.